The number of esters is 1. The fraction of sp³-hybridized carbons (Fsp3) is 0.111. The largest absolute Gasteiger partial charge is 0.467 e. The minimum Gasteiger partial charge on any atom is -0.467 e. The van der Waals surface area contributed by atoms with E-state index >= 15 is 0 Å². The smallest absolute Gasteiger partial charge is 0.337 e. The maximum Gasteiger partial charge on any atom is 0.337 e. The summed E-state index contributed by atoms with van der Waals surface area (Å²) in [7, 11) is 1.30. The Labute approximate surface area is 143 Å². The minimum absolute atomic E-state index is 0.219. The Kier molecular flexibility index (Phi) is 4.84. The number of nitrogens with zero attached hydrogens (tertiary/aromatic N) is 2. The SMILES string of the molecule is COC(=O)c1cccc(NC(=O)COc2ncnc3ccccc23)c1. The first kappa shape index (κ1) is 16.4. The Morgan fingerprint density at radius 3 is 2.76 bits per heavy atom. The van der Waals surface area contributed by atoms with Crippen LogP contribution >= 0.6 is 0 Å². The number of hydrogen-bond acceptors (Lipinski definition) is 6. The highest BCUT2D eigenvalue weighted by molar-refractivity contribution is 5.95. The van der Waals surface area contributed by atoms with Crippen LogP contribution < -0.4 is 10.1 Å². The maximum absolute atomic E-state index is 12.1. The number of para-hydroxylation sites is 1. The summed E-state index contributed by atoms with van der Waals surface area (Å²) in [4.78, 5) is 31.8. The molecule has 0 unspecified atom stereocenters. The molecule has 7 nitrogen and oxygen atoms in total. The van der Waals surface area contributed by atoms with Crippen molar-refractivity contribution < 1.29 is 19.1 Å². The molecule has 0 saturated carbocycles. The van der Waals surface area contributed by atoms with Crippen molar-refractivity contribution in [2.24, 2.45) is 0 Å². The number of aromatic nitrogens is 2. The zero-order valence-electron chi connectivity index (χ0n) is 13.4. The number of anilines is 1. The lowest BCUT2D eigenvalue weighted by Crippen LogP contribution is -2.20. The van der Waals surface area contributed by atoms with Crippen LogP contribution in [0.2, 0.25) is 0 Å². The number of carbonyl (C=O) groups is 2. The summed E-state index contributed by atoms with van der Waals surface area (Å²) in [6.45, 7) is -0.219. The fourth-order valence-corrected chi connectivity index (χ4v) is 2.27. The second-order valence-corrected chi connectivity index (χ2v) is 5.11. The number of benzene rings is 2. The van der Waals surface area contributed by atoms with Crippen LogP contribution in [0.1, 0.15) is 10.4 Å². The van der Waals surface area contributed by atoms with Gasteiger partial charge in [0.2, 0.25) is 5.88 Å². The molecule has 3 rings (SSSR count). The highest BCUT2D eigenvalue weighted by Gasteiger charge is 2.10. The Morgan fingerprint density at radius 1 is 1.08 bits per heavy atom. The Hall–Kier alpha value is -3.48. The molecule has 3 aromatic rings. The Balaban J connectivity index is 1.66. The highest BCUT2D eigenvalue weighted by atomic mass is 16.5. The first-order valence-corrected chi connectivity index (χ1v) is 7.48. The third-order valence-electron chi connectivity index (χ3n) is 3.41. The lowest BCUT2D eigenvalue weighted by molar-refractivity contribution is -0.118. The van der Waals surface area contributed by atoms with E-state index in [4.69, 9.17) is 4.74 Å². The number of amides is 1. The van der Waals surface area contributed by atoms with Gasteiger partial charge in [0.15, 0.2) is 6.61 Å². The Morgan fingerprint density at radius 2 is 1.92 bits per heavy atom. The molecule has 0 radical (unpaired) electrons. The van der Waals surface area contributed by atoms with E-state index in [1.807, 2.05) is 24.3 Å². The average Bonchev–Trinajstić information content (AvgIpc) is 2.66. The molecule has 126 valence electrons. The van der Waals surface area contributed by atoms with E-state index in [1.54, 1.807) is 18.2 Å². The van der Waals surface area contributed by atoms with Crippen molar-refractivity contribution in [1.29, 1.82) is 0 Å². The number of hydrogen-bond donors (Lipinski definition) is 1. The monoisotopic (exact) mass is 337 g/mol. The molecule has 0 aliphatic carbocycles. The van der Waals surface area contributed by atoms with Crippen molar-refractivity contribution >= 4 is 28.5 Å². The standard InChI is InChI=1S/C18H15N3O4/c1-24-18(23)12-5-4-6-13(9-12)21-16(22)10-25-17-14-7-2-3-8-15(14)19-11-20-17/h2-9,11H,10H2,1H3,(H,21,22). The van der Waals surface area contributed by atoms with Crippen LogP contribution in [0.5, 0.6) is 5.88 Å². The molecule has 0 atom stereocenters. The highest BCUT2D eigenvalue weighted by Crippen LogP contribution is 2.20. The van der Waals surface area contributed by atoms with Crippen molar-refractivity contribution in [2.45, 2.75) is 0 Å². The number of methoxy groups -OCH3 is 1. The lowest BCUT2D eigenvalue weighted by atomic mass is 10.2. The van der Waals surface area contributed by atoms with Gasteiger partial charge in [0.05, 0.1) is 23.6 Å². The van der Waals surface area contributed by atoms with Gasteiger partial charge in [-0.15, -0.1) is 0 Å². The van der Waals surface area contributed by atoms with Gasteiger partial charge in [0.1, 0.15) is 6.33 Å². The number of carbonyl (C=O) groups excluding carboxylic acids is 2. The van der Waals surface area contributed by atoms with Crippen LogP contribution in [-0.2, 0) is 9.53 Å². The molecule has 1 amide bonds. The summed E-state index contributed by atoms with van der Waals surface area (Å²) >= 11 is 0. The molecule has 2 aromatic carbocycles. The molecule has 1 N–H and O–H groups in total. The number of fused-ring (bicyclic) bond motifs is 1. The number of rotatable bonds is 5. The van der Waals surface area contributed by atoms with Gasteiger partial charge >= 0.3 is 5.97 Å². The summed E-state index contributed by atoms with van der Waals surface area (Å²) < 4.78 is 10.1. The molecular formula is C18H15N3O4. The maximum atomic E-state index is 12.1. The topological polar surface area (TPSA) is 90.4 Å². The van der Waals surface area contributed by atoms with Gasteiger partial charge in [-0.2, -0.15) is 0 Å². The predicted molar refractivity (Wildman–Crippen MR) is 91.4 cm³/mol. The van der Waals surface area contributed by atoms with Gasteiger partial charge in [0, 0.05) is 5.69 Å². The van der Waals surface area contributed by atoms with E-state index in [9.17, 15) is 9.59 Å². The molecule has 0 spiro atoms. The van der Waals surface area contributed by atoms with E-state index in [2.05, 4.69) is 20.0 Å². The van der Waals surface area contributed by atoms with Crippen LogP contribution in [0.4, 0.5) is 5.69 Å². The van der Waals surface area contributed by atoms with Gasteiger partial charge < -0.3 is 14.8 Å². The molecule has 1 aromatic heterocycles. The first-order valence-electron chi connectivity index (χ1n) is 7.48. The van der Waals surface area contributed by atoms with Crippen LogP contribution in [-0.4, -0.2) is 35.6 Å². The van der Waals surface area contributed by atoms with Crippen molar-refractivity contribution in [3.05, 3.63) is 60.4 Å². The van der Waals surface area contributed by atoms with E-state index in [0.29, 0.717) is 17.1 Å². The van der Waals surface area contributed by atoms with Crippen molar-refractivity contribution in [3.8, 4) is 5.88 Å². The van der Waals surface area contributed by atoms with E-state index < -0.39 is 5.97 Å². The van der Waals surface area contributed by atoms with Crippen LogP contribution in [0.25, 0.3) is 10.9 Å². The van der Waals surface area contributed by atoms with E-state index in [1.165, 1.54) is 19.5 Å². The van der Waals surface area contributed by atoms with Crippen molar-refractivity contribution in [1.82, 2.24) is 9.97 Å². The second kappa shape index (κ2) is 7.39. The van der Waals surface area contributed by atoms with Crippen LogP contribution in [0, 0.1) is 0 Å². The summed E-state index contributed by atoms with van der Waals surface area (Å²) in [5.41, 5.74) is 1.56. The number of ether oxygens (including phenoxy) is 2. The molecule has 25 heavy (non-hydrogen) atoms. The van der Waals surface area contributed by atoms with Crippen molar-refractivity contribution in [3.63, 3.8) is 0 Å². The van der Waals surface area contributed by atoms with Gasteiger partial charge in [-0.05, 0) is 30.3 Å². The van der Waals surface area contributed by atoms with Crippen LogP contribution in [0.15, 0.2) is 54.9 Å². The van der Waals surface area contributed by atoms with Crippen LogP contribution in [0.3, 0.4) is 0 Å². The predicted octanol–water partition coefficient (Wildman–Crippen LogP) is 2.43. The van der Waals surface area contributed by atoms with Gasteiger partial charge in [-0.3, -0.25) is 4.79 Å². The van der Waals surface area contributed by atoms with Gasteiger partial charge in [-0.25, -0.2) is 14.8 Å². The zero-order chi connectivity index (χ0) is 17.6. The molecule has 0 fully saturated rings. The molecular weight excluding hydrogens is 322 g/mol. The summed E-state index contributed by atoms with van der Waals surface area (Å²) in [5.74, 6) is -0.506. The molecule has 0 aliphatic rings. The average molecular weight is 337 g/mol. The summed E-state index contributed by atoms with van der Waals surface area (Å²) in [5, 5.41) is 3.39. The molecule has 7 heteroatoms. The minimum atomic E-state index is -0.472. The zero-order valence-corrected chi connectivity index (χ0v) is 13.4. The van der Waals surface area contributed by atoms with Gasteiger partial charge in [-0.1, -0.05) is 18.2 Å². The van der Waals surface area contributed by atoms with Crippen molar-refractivity contribution in [2.75, 3.05) is 19.0 Å². The van der Waals surface area contributed by atoms with Gasteiger partial charge in [0.25, 0.3) is 5.91 Å². The summed E-state index contributed by atoms with van der Waals surface area (Å²) in [6, 6.07) is 13.8. The fourth-order valence-electron chi connectivity index (χ4n) is 2.27. The summed E-state index contributed by atoms with van der Waals surface area (Å²) in [6.07, 6.45) is 1.38. The molecule has 0 saturated heterocycles. The van der Waals surface area contributed by atoms with E-state index in [0.717, 1.165) is 10.9 Å². The first-order chi connectivity index (χ1) is 12.2. The third-order valence-corrected chi connectivity index (χ3v) is 3.41. The van der Waals surface area contributed by atoms with E-state index in [-0.39, 0.29) is 12.5 Å². The molecule has 1 heterocycles. The molecule has 0 bridgehead atoms. The second-order valence-electron chi connectivity index (χ2n) is 5.11. The third kappa shape index (κ3) is 3.89. The normalized spacial score (nSPS) is 10.3. The number of nitrogens with one attached hydrogen (secondary N) is 1. The quantitative estimate of drug-likeness (QED) is 0.719. The molecule has 0 aliphatic heterocycles. The Bertz CT molecular complexity index is 922. The lowest BCUT2D eigenvalue weighted by Gasteiger charge is -2.09.